The van der Waals surface area contributed by atoms with Crippen LogP contribution < -0.4 is 20.3 Å². The van der Waals surface area contributed by atoms with Crippen molar-refractivity contribution in [3.8, 4) is 5.75 Å². The fourth-order valence-corrected chi connectivity index (χ4v) is 3.47. The molecule has 1 aromatic carbocycles. The van der Waals surface area contributed by atoms with Crippen LogP contribution in [-0.2, 0) is 0 Å². The Labute approximate surface area is 180 Å². The Morgan fingerprint density at radius 1 is 1.27 bits per heavy atom. The number of amides is 2. The Morgan fingerprint density at radius 3 is 2.67 bits per heavy atom. The number of carbonyl (C=O) groups is 1. The second kappa shape index (κ2) is 9.83. The molecule has 1 atom stereocenters. The number of benzene rings is 1. The summed E-state index contributed by atoms with van der Waals surface area (Å²) in [7, 11) is 0. The zero-order chi connectivity index (χ0) is 21.6. The minimum Gasteiger partial charge on any atom is -0.491 e. The summed E-state index contributed by atoms with van der Waals surface area (Å²) in [6, 6.07) is 9.47. The summed E-state index contributed by atoms with van der Waals surface area (Å²) in [4.78, 5) is 19.4. The first-order valence-corrected chi connectivity index (χ1v) is 10.9. The number of anilines is 2. The Morgan fingerprint density at radius 2 is 2.07 bits per heavy atom. The van der Waals surface area contributed by atoms with Crippen LogP contribution in [0.5, 0.6) is 5.75 Å². The number of nitrogens with one attached hydrogen (secondary N) is 2. The first kappa shape index (κ1) is 21.9. The lowest BCUT2D eigenvalue weighted by atomic mass is 9.83. The van der Waals surface area contributed by atoms with Crippen LogP contribution >= 0.6 is 0 Å². The number of carbonyl (C=O) groups excluding carboxylic acids is 1. The molecule has 30 heavy (non-hydrogen) atoms. The van der Waals surface area contributed by atoms with Crippen molar-refractivity contribution in [1.29, 1.82) is 0 Å². The maximum atomic E-state index is 12.9. The van der Waals surface area contributed by atoms with Gasteiger partial charge in [0.05, 0.1) is 18.3 Å². The molecule has 2 amide bonds. The van der Waals surface area contributed by atoms with E-state index in [0.717, 1.165) is 42.9 Å². The number of aromatic nitrogens is 1. The second-order valence-corrected chi connectivity index (χ2v) is 8.91. The molecule has 162 valence electrons. The molecule has 0 spiro atoms. The van der Waals surface area contributed by atoms with Crippen LogP contribution in [0.25, 0.3) is 0 Å². The highest BCUT2D eigenvalue weighted by Gasteiger charge is 2.28. The van der Waals surface area contributed by atoms with Crippen LogP contribution in [0.4, 0.5) is 16.2 Å². The van der Waals surface area contributed by atoms with E-state index in [1.807, 2.05) is 30.3 Å². The van der Waals surface area contributed by atoms with E-state index in [9.17, 15) is 4.79 Å². The average Bonchev–Trinajstić information content (AvgIpc) is 2.66. The first-order chi connectivity index (χ1) is 14.4. The third kappa shape index (κ3) is 5.65. The lowest BCUT2D eigenvalue weighted by molar-refractivity contribution is 0.229. The monoisotopic (exact) mass is 410 g/mol. The molecule has 1 fully saturated rings. The third-order valence-electron chi connectivity index (χ3n) is 5.35. The van der Waals surface area contributed by atoms with Crippen LogP contribution in [0.1, 0.15) is 58.6 Å². The summed E-state index contributed by atoms with van der Waals surface area (Å²) in [5.74, 6) is 0.719. The number of rotatable bonds is 8. The van der Waals surface area contributed by atoms with E-state index >= 15 is 0 Å². The van der Waals surface area contributed by atoms with Crippen LogP contribution in [0, 0.1) is 5.41 Å². The van der Waals surface area contributed by atoms with E-state index in [4.69, 9.17) is 4.74 Å². The highest BCUT2D eigenvalue weighted by molar-refractivity contribution is 5.91. The van der Waals surface area contributed by atoms with Crippen LogP contribution in [0.3, 0.4) is 0 Å². The Hall–Kier alpha value is -2.76. The van der Waals surface area contributed by atoms with Crippen molar-refractivity contribution in [2.24, 2.45) is 5.41 Å². The number of pyridine rings is 1. The highest BCUT2D eigenvalue weighted by Crippen LogP contribution is 2.34. The molecular weight excluding hydrogens is 376 g/mol. The predicted molar refractivity (Wildman–Crippen MR) is 122 cm³/mol. The van der Waals surface area contributed by atoms with Gasteiger partial charge in [0.25, 0.3) is 0 Å². The summed E-state index contributed by atoms with van der Waals surface area (Å²) >= 11 is 0. The quantitative estimate of drug-likeness (QED) is 0.574. The lowest BCUT2D eigenvalue weighted by Gasteiger charge is -2.34. The minimum atomic E-state index is -0.254. The van der Waals surface area contributed by atoms with Gasteiger partial charge in [-0.1, -0.05) is 40.2 Å². The SMILES string of the molecule is CCCCOc1cc(N2CCC2)ccc1NC(=O)NC(c1cccnc1)C(C)(C)C. The molecule has 6 heteroatoms. The van der Waals surface area contributed by atoms with Crippen molar-refractivity contribution in [3.63, 3.8) is 0 Å². The Bertz CT molecular complexity index is 829. The molecule has 1 unspecified atom stereocenters. The molecule has 1 saturated heterocycles. The van der Waals surface area contributed by atoms with Crippen LogP contribution in [0.15, 0.2) is 42.7 Å². The van der Waals surface area contributed by atoms with E-state index in [-0.39, 0.29) is 17.5 Å². The van der Waals surface area contributed by atoms with Gasteiger partial charge in [0.15, 0.2) is 0 Å². The fraction of sp³-hybridized carbons (Fsp3) is 0.500. The van der Waals surface area contributed by atoms with E-state index in [1.165, 1.54) is 6.42 Å². The Balaban J connectivity index is 1.75. The van der Waals surface area contributed by atoms with Gasteiger partial charge in [-0.2, -0.15) is 0 Å². The molecular formula is C24H34N4O2. The first-order valence-electron chi connectivity index (χ1n) is 10.9. The summed E-state index contributed by atoms with van der Waals surface area (Å²) in [5, 5.41) is 6.12. The van der Waals surface area contributed by atoms with E-state index < -0.39 is 0 Å². The topological polar surface area (TPSA) is 66.5 Å². The third-order valence-corrected chi connectivity index (χ3v) is 5.35. The zero-order valence-electron chi connectivity index (χ0n) is 18.6. The van der Waals surface area contributed by atoms with Gasteiger partial charge in [-0.15, -0.1) is 0 Å². The number of nitrogens with zero attached hydrogens (tertiary/aromatic N) is 2. The summed E-state index contributed by atoms with van der Waals surface area (Å²) in [6.07, 6.45) is 6.80. The number of urea groups is 1. The van der Waals surface area contributed by atoms with Gasteiger partial charge in [0, 0.05) is 37.2 Å². The molecule has 1 aliphatic heterocycles. The van der Waals surface area contributed by atoms with Gasteiger partial charge in [0.1, 0.15) is 5.75 Å². The molecule has 2 aromatic rings. The molecule has 1 aliphatic rings. The molecule has 2 heterocycles. The van der Waals surface area contributed by atoms with Gasteiger partial charge in [-0.05, 0) is 42.0 Å². The normalized spacial score (nSPS) is 14.6. The number of hydrogen-bond donors (Lipinski definition) is 2. The van der Waals surface area contributed by atoms with Crippen molar-refractivity contribution in [2.45, 2.75) is 53.0 Å². The molecule has 1 aromatic heterocycles. The van der Waals surface area contributed by atoms with Crippen molar-refractivity contribution in [2.75, 3.05) is 29.9 Å². The van der Waals surface area contributed by atoms with E-state index in [0.29, 0.717) is 12.3 Å². The van der Waals surface area contributed by atoms with Gasteiger partial charge in [0.2, 0.25) is 0 Å². The lowest BCUT2D eigenvalue weighted by Crippen LogP contribution is -2.39. The molecule has 3 rings (SSSR count). The predicted octanol–water partition coefficient (Wildman–Crippen LogP) is 5.38. The number of unbranched alkanes of at least 4 members (excludes halogenated alkanes) is 1. The molecule has 0 saturated carbocycles. The van der Waals surface area contributed by atoms with E-state index in [2.05, 4.69) is 48.2 Å². The average molecular weight is 411 g/mol. The van der Waals surface area contributed by atoms with Gasteiger partial charge >= 0.3 is 6.03 Å². The van der Waals surface area contributed by atoms with Gasteiger partial charge < -0.3 is 20.3 Å². The van der Waals surface area contributed by atoms with Crippen molar-refractivity contribution in [1.82, 2.24) is 10.3 Å². The molecule has 6 nitrogen and oxygen atoms in total. The summed E-state index contributed by atoms with van der Waals surface area (Å²) < 4.78 is 6.02. The van der Waals surface area contributed by atoms with Crippen molar-refractivity contribution >= 4 is 17.4 Å². The summed E-state index contributed by atoms with van der Waals surface area (Å²) in [5.41, 5.74) is 2.64. The largest absolute Gasteiger partial charge is 0.491 e. The standard InChI is InChI=1S/C24H34N4O2/c1-5-6-15-30-21-16-19(28-13-8-14-28)10-11-20(21)26-23(29)27-22(24(2,3)4)18-9-7-12-25-17-18/h7,9-12,16-17,22H,5-6,8,13-15H2,1-4H3,(H2,26,27,29). The fourth-order valence-electron chi connectivity index (χ4n) is 3.47. The summed E-state index contributed by atoms with van der Waals surface area (Å²) in [6.45, 7) is 11.2. The molecule has 2 N–H and O–H groups in total. The smallest absolute Gasteiger partial charge is 0.319 e. The zero-order valence-corrected chi connectivity index (χ0v) is 18.6. The van der Waals surface area contributed by atoms with Crippen molar-refractivity contribution < 1.29 is 9.53 Å². The second-order valence-electron chi connectivity index (χ2n) is 8.91. The molecule has 0 bridgehead atoms. The van der Waals surface area contributed by atoms with Crippen LogP contribution in [0.2, 0.25) is 0 Å². The van der Waals surface area contributed by atoms with Gasteiger partial charge in [-0.25, -0.2) is 4.79 Å². The number of hydrogen-bond acceptors (Lipinski definition) is 4. The molecule has 0 aliphatic carbocycles. The maximum absolute atomic E-state index is 12.9. The maximum Gasteiger partial charge on any atom is 0.319 e. The Kier molecular flexibility index (Phi) is 7.19. The van der Waals surface area contributed by atoms with Crippen LogP contribution in [-0.4, -0.2) is 30.7 Å². The van der Waals surface area contributed by atoms with Gasteiger partial charge in [-0.3, -0.25) is 4.98 Å². The van der Waals surface area contributed by atoms with E-state index in [1.54, 1.807) is 12.4 Å². The minimum absolute atomic E-state index is 0.164. The molecule has 0 radical (unpaired) electrons. The van der Waals surface area contributed by atoms with Crippen molar-refractivity contribution in [3.05, 3.63) is 48.3 Å². The highest BCUT2D eigenvalue weighted by atomic mass is 16.5. The number of ether oxygens (including phenoxy) is 1.